The summed E-state index contributed by atoms with van der Waals surface area (Å²) in [6.07, 6.45) is 0.403. The van der Waals surface area contributed by atoms with E-state index in [0.29, 0.717) is 31.8 Å². The quantitative estimate of drug-likeness (QED) is 0.377. The molecule has 0 N–H and O–H groups in total. The second kappa shape index (κ2) is 10.9. The molecule has 26 heavy (non-hydrogen) atoms. The number of hydrogen-bond acceptors (Lipinski definition) is 3. The molecular weight excluding hydrogens is 581 g/mol. The van der Waals surface area contributed by atoms with Crippen molar-refractivity contribution in [3.63, 3.8) is 0 Å². The predicted octanol–water partition coefficient (Wildman–Crippen LogP) is 5.00. The Labute approximate surface area is 174 Å². The predicted molar refractivity (Wildman–Crippen MR) is 103 cm³/mol. The second-order valence-corrected chi connectivity index (χ2v) is 17.5. The third-order valence-corrected chi connectivity index (χ3v) is 12.0. The molecule has 1 aliphatic rings. The Balaban J connectivity index is 1.56. The maximum atomic E-state index is 6.33. The minimum atomic E-state index is -0.924. The van der Waals surface area contributed by atoms with E-state index in [1.165, 1.54) is 15.1 Å². The van der Waals surface area contributed by atoms with Crippen LogP contribution in [0.15, 0.2) is 60.7 Å². The molecule has 0 radical (unpaired) electrons. The van der Waals surface area contributed by atoms with Crippen LogP contribution in [0.4, 0.5) is 0 Å². The van der Waals surface area contributed by atoms with Crippen LogP contribution < -0.4 is 0 Å². The van der Waals surface area contributed by atoms with Crippen LogP contribution in [-0.4, -0.2) is 24.9 Å². The van der Waals surface area contributed by atoms with E-state index < -0.39 is 22.1 Å². The van der Waals surface area contributed by atoms with Gasteiger partial charge in [-0.1, -0.05) is 0 Å². The summed E-state index contributed by atoms with van der Waals surface area (Å²) in [7, 11) is 0. The first-order valence-corrected chi connectivity index (χ1v) is 25.1. The van der Waals surface area contributed by atoms with Crippen molar-refractivity contribution in [2.75, 3.05) is 6.61 Å². The van der Waals surface area contributed by atoms with Gasteiger partial charge in [0.1, 0.15) is 0 Å². The second-order valence-electron chi connectivity index (χ2n) is 6.81. The summed E-state index contributed by atoms with van der Waals surface area (Å²) in [5, 5.41) is 0. The van der Waals surface area contributed by atoms with E-state index in [4.69, 9.17) is 14.2 Å². The Morgan fingerprint density at radius 2 is 1.54 bits per heavy atom. The summed E-state index contributed by atoms with van der Waals surface area (Å²) in [5.41, 5.74) is 2.39. The number of hydrogen-bond donors (Lipinski definition) is 0. The number of ether oxygens (including phenoxy) is 3. The van der Waals surface area contributed by atoms with Crippen LogP contribution in [-0.2, 0) is 49.6 Å². The molecule has 3 nitrogen and oxygen atoms in total. The van der Waals surface area contributed by atoms with Gasteiger partial charge in [-0.3, -0.25) is 0 Å². The van der Waals surface area contributed by atoms with Crippen molar-refractivity contribution in [2.24, 2.45) is 5.92 Å². The van der Waals surface area contributed by atoms with Gasteiger partial charge in [-0.25, -0.2) is 0 Å². The first-order valence-electron chi connectivity index (χ1n) is 9.26. The molecule has 1 fully saturated rings. The zero-order chi connectivity index (χ0) is 18.2. The molecule has 1 aliphatic heterocycles. The van der Waals surface area contributed by atoms with Crippen molar-refractivity contribution in [1.82, 2.24) is 0 Å². The van der Waals surface area contributed by atoms with Gasteiger partial charge in [-0.05, 0) is 0 Å². The van der Waals surface area contributed by atoms with Crippen molar-refractivity contribution in [3.05, 3.63) is 71.8 Å². The molecule has 5 heteroatoms. The topological polar surface area (TPSA) is 27.7 Å². The molecule has 0 spiro atoms. The van der Waals surface area contributed by atoms with Crippen molar-refractivity contribution in [3.8, 4) is 0 Å². The summed E-state index contributed by atoms with van der Waals surface area (Å²) >= 11 is 2.83. The molecule has 2 aromatic carbocycles. The van der Waals surface area contributed by atoms with Crippen LogP contribution in [0.2, 0.25) is 3.93 Å². The monoisotopic (exact) mass is 606 g/mol. The average molecular weight is 606 g/mol. The Kier molecular flexibility index (Phi) is 8.59. The van der Waals surface area contributed by atoms with Gasteiger partial charge in [0.05, 0.1) is 0 Å². The molecule has 4 atom stereocenters. The van der Waals surface area contributed by atoms with Crippen molar-refractivity contribution in [1.29, 1.82) is 0 Å². The SMILES string of the molecule is C[C@H]1[C@H](OCc2ccccc2)[C@@H](COCc2ccccc2)O[C@@H]1[CH2][Hg][Br]. The zero-order valence-corrected chi connectivity index (χ0v) is 22.3. The van der Waals surface area contributed by atoms with E-state index in [-0.39, 0.29) is 12.2 Å². The van der Waals surface area contributed by atoms with E-state index in [1.54, 1.807) is 0 Å². The number of halogens is 1. The summed E-state index contributed by atoms with van der Waals surface area (Å²) < 4.78 is 19.8. The van der Waals surface area contributed by atoms with Crippen LogP contribution in [0, 0.1) is 5.92 Å². The van der Waals surface area contributed by atoms with Gasteiger partial charge in [-0.15, -0.1) is 0 Å². The summed E-state index contributed by atoms with van der Waals surface area (Å²) in [6, 6.07) is 20.6. The van der Waals surface area contributed by atoms with Crippen molar-refractivity contribution >= 4 is 11.9 Å². The van der Waals surface area contributed by atoms with Crippen molar-refractivity contribution in [2.45, 2.75) is 42.4 Å². The Hall–Kier alpha value is -0.265. The molecule has 0 bridgehead atoms. The van der Waals surface area contributed by atoms with Gasteiger partial charge in [0, 0.05) is 0 Å². The molecule has 0 aromatic heterocycles. The van der Waals surface area contributed by atoms with Gasteiger partial charge in [-0.2, -0.15) is 0 Å². The maximum absolute atomic E-state index is 6.33. The van der Waals surface area contributed by atoms with Gasteiger partial charge in [0.25, 0.3) is 0 Å². The van der Waals surface area contributed by atoms with Gasteiger partial charge >= 0.3 is 175 Å². The van der Waals surface area contributed by atoms with Crippen molar-refractivity contribution < 1.29 is 36.4 Å². The third kappa shape index (κ3) is 5.87. The normalized spacial score (nSPS) is 25.2. The van der Waals surface area contributed by atoms with Crippen LogP contribution in [0.1, 0.15) is 18.1 Å². The van der Waals surface area contributed by atoms with Gasteiger partial charge in [0.2, 0.25) is 0 Å². The molecule has 3 rings (SSSR count). The first kappa shape index (κ1) is 20.5. The standard InChI is InChI=1S/C21H25O3.BrH.Hg/c1-16-17(2)24-20(15-22-13-18-9-5-3-6-10-18)21(16)23-14-19-11-7-4-8-12-19;;/h3-12,16-17,20-21H,2,13-15H2,1H3;1H;/q;;+1/p-1/t16-,17-,20-,21+;;/m1../s1. The minimum absolute atomic E-state index is 0.00914. The van der Waals surface area contributed by atoms with E-state index >= 15 is 0 Å². The Bertz CT molecular complexity index is 640. The molecule has 0 unspecified atom stereocenters. The molecule has 0 aliphatic carbocycles. The van der Waals surface area contributed by atoms with E-state index in [1.807, 2.05) is 24.3 Å². The first-order chi connectivity index (χ1) is 12.8. The van der Waals surface area contributed by atoms with E-state index in [9.17, 15) is 0 Å². The van der Waals surface area contributed by atoms with E-state index in [2.05, 4.69) is 55.2 Å². The Morgan fingerprint density at radius 3 is 2.15 bits per heavy atom. The molecule has 1 heterocycles. The van der Waals surface area contributed by atoms with Gasteiger partial charge < -0.3 is 0 Å². The fraction of sp³-hybridized carbons (Fsp3) is 0.429. The third-order valence-electron chi connectivity index (χ3n) is 4.89. The molecule has 0 saturated carbocycles. The fourth-order valence-electron chi connectivity index (χ4n) is 3.44. The molecule has 1 saturated heterocycles. The van der Waals surface area contributed by atoms with Crippen LogP contribution in [0.25, 0.3) is 0 Å². The average Bonchev–Trinajstić information content (AvgIpc) is 2.97. The summed E-state index contributed by atoms with van der Waals surface area (Å²) in [6.45, 7) is 4.08. The zero-order valence-electron chi connectivity index (χ0n) is 15.2. The van der Waals surface area contributed by atoms with Crippen LogP contribution in [0.3, 0.4) is 0 Å². The van der Waals surface area contributed by atoms with E-state index in [0.717, 1.165) is 0 Å². The number of rotatable bonds is 9. The van der Waals surface area contributed by atoms with Crippen LogP contribution in [0.5, 0.6) is 0 Å². The number of benzene rings is 2. The molecule has 0 amide bonds. The van der Waals surface area contributed by atoms with Crippen LogP contribution >= 0.6 is 11.9 Å². The molecular formula is C21H25BrHgO3. The molecule has 2 aromatic rings. The summed E-state index contributed by atoms with van der Waals surface area (Å²) in [5.74, 6) is 0.404. The summed E-state index contributed by atoms with van der Waals surface area (Å²) in [4.78, 5) is 0. The molecule has 136 valence electrons. The van der Waals surface area contributed by atoms with Gasteiger partial charge in [0.15, 0.2) is 0 Å². The fourth-order valence-corrected chi connectivity index (χ4v) is 10.8. The Morgan fingerprint density at radius 1 is 0.923 bits per heavy atom.